The summed E-state index contributed by atoms with van der Waals surface area (Å²) in [5.41, 5.74) is 0.185. The van der Waals surface area contributed by atoms with E-state index in [4.69, 9.17) is 9.31 Å². The van der Waals surface area contributed by atoms with Gasteiger partial charge >= 0.3 is 7.12 Å². The van der Waals surface area contributed by atoms with E-state index in [9.17, 15) is 4.39 Å². The van der Waals surface area contributed by atoms with Gasteiger partial charge in [0.05, 0.1) is 11.2 Å². The van der Waals surface area contributed by atoms with Gasteiger partial charge in [-0.15, -0.1) is 0 Å². The van der Waals surface area contributed by atoms with Gasteiger partial charge in [0.1, 0.15) is 11.3 Å². The van der Waals surface area contributed by atoms with Gasteiger partial charge in [0.25, 0.3) is 0 Å². The van der Waals surface area contributed by atoms with Crippen molar-refractivity contribution in [2.75, 3.05) is 0 Å². The molecule has 3 nitrogen and oxygen atoms in total. The summed E-state index contributed by atoms with van der Waals surface area (Å²) in [4.78, 5) is 4.05. The number of benzene rings is 1. The van der Waals surface area contributed by atoms with Crippen molar-refractivity contribution in [1.82, 2.24) is 4.98 Å². The molecule has 2 heterocycles. The first-order valence-corrected chi connectivity index (χ1v) is 7.70. The molecule has 1 aromatic heterocycles. The third-order valence-electron chi connectivity index (χ3n) is 4.21. The maximum atomic E-state index is 14.1. The number of fused-ring (bicyclic) bond motifs is 1. The second-order valence-electron chi connectivity index (χ2n) is 6.17. The Bertz CT molecular complexity index is 657. The molecule has 3 rings (SSSR count). The number of halogens is 1. The van der Waals surface area contributed by atoms with E-state index in [1.165, 1.54) is 6.07 Å². The third-order valence-corrected chi connectivity index (χ3v) is 4.21. The number of pyridine rings is 1. The van der Waals surface area contributed by atoms with E-state index in [2.05, 4.69) is 4.98 Å². The van der Waals surface area contributed by atoms with E-state index in [1.54, 1.807) is 12.3 Å². The molecule has 0 saturated carbocycles. The Kier molecular flexibility index (Phi) is 5.94. The Hall–Kier alpha value is -1.46. The van der Waals surface area contributed by atoms with Crippen LogP contribution in [0.4, 0.5) is 4.39 Å². The Morgan fingerprint density at radius 3 is 2.17 bits per heavy atom. The zero-order valence-corrected chi connectivity index (χ0v) is 14.1. The predicted molar refractivity (Wildman–Crippen MR) is 95.5 cm³/mol. The van der Waals surface area contributed by atoms with Crippen LogP contribution in [0.3, 0.4) is 0 Å². The molecular weight excluding hydrogens is 292 g/mol. The van der Waals surface area contributed by atoms with E-state index < -0.39 is 18.3 Å². The van der Waals surface area contributed by atoms with Crippen molar-refractivity contribution in [3.05, 3.63) is 36.3 Å². The summed E-state index contributed by atoms with van der Waals surface area (Å²) in [5.74, 6) is -0.354. The molecule has 0 aliphatic carbocycles. The summed E-state index contributed by atoms with van der Waals surface area (Å²) in [6.45, 7) is 11.9. The van der Waals surface area contributed by atoms with E-state index in [0.29, 0.717) is 11.0 Å². The highest BCUT2D eigenvalue weighted by Crippen LogP contribution is 2.36. The normalized spacial score (nSPS) is 18.1. The summed E-state index contributed by atoms with van der Waals surface area (Å²) in [5, 5.41) is 0.747. The fraction of sp³-hybridized carbons (Fsp3) is 0.500. The average Bonchev–Trinajstić information content (AvgIpc) is 2.70. The lowest BCUT2D eigenvalue weighted by Gasteiger charge is -2.32. The molecule has 0 amide bonds. The van der Waals surface area contributed by atoms with Crippen molar-refractivity contribution in [1.29, 1.82) is 0 Å². The van der Waals surface area contributed by atoms with Gasteiger partial charge in [-0.3, -0.25) is 4.98 Å². The predicted octanol–water partition coefficient (Wildman–Crippen LogP) is 4.34. The van der Waals surface area contributed by atoms with Gasteiger partial charge < -0.3 is 9.31 Å². The molecule has 1 saturated heterocycles. The Morgan fingerprint density at radius 2 is 1.61 bits per heavy atom. The van der Waals surface area contributed by atoms with Gasteiger partial charge in [0.2, 0.25) is 0 Å². The lowest BCUT2D eigenvalue weighted by atomic mass is 9.78. The lowest BCUT2D eigenvalue weighted by Crippen LogP contribution is -2.41. The lowest BCUT2D eigenvalue weighted by molar-refractivity contribution is 0.00578. The van der Waals surface area contributed by atoms with Crippen LogP contribution in [-0.2, 0) is 9.31 Å². The number of aromatic nitrogens is 1. The molecule has 0 radical (unpaired) electrons. The highest BCUT2D eigenvalue weighted by Gasteiger charge is 2.51. The van der Waals surface area contributed by atoms with Gasteiger partial charge in [-0.2, -0.15) is 0 Å². The topological polar surface area (TPSA) is 31.4 Å². The quantitative estimate of drug-likeness (QED) is 0.733. The fourth-order valence-corrected chi connectivity index (χ4v) is 2.28. The minimum Gasteiger partial charge on any atom is -0.399 e. The first-order valence-electron chi connectivity index (χ1n) is 7.70. The molecule has 126 valence electrons. The van der Waals surface area contributed by atoms with Crippen LogP contribution in [0, 0.1) is 5.82 Å². The minimum absolute atomic E-state index is 0. The van der Waals surface area contributed by atoms with Crippen molar-refractivity contribution in [2.24, 2.45) is 0 Å². The minimum atomic E-state index is -0.556. The summed E-state index contributed by atoms with van der Waals surface area (Å²) in [6.07, 6.45) is 1.58. The second-order valence-corrected chi connectivity index (χ2v) is 6.17. The SMILES string of the molecule is C.CC.CC1(C)OB(c2cc(F)c3ncccc3c2)OC1(C)C. The maximum Gasteiger partial charge on any atom is 0.494 e. The van der Waals surface area contributed by atoms with Gasteiger partial charge in [0, 0.05) is 11.6 Å². The van der Waals surface area contributed by atoms with E-state index in [0.717, 1.165) is 5.39 Å². The van der Waals surface area contributed by atoms with Gasteiger partial charge in [-0.1, -0.05) is 33.4 Å². The molecule has 1 aromatic carbocycles. The van der Waals surface area contributed by atoms with Crippen LogP contribution in [0.5, 0.6) is 0 Å². The van der Waals surface area contributed by atoms with Crippen LogP contribution in [-0.4, -0.2) is 23.3 Å². The molecular formula is C18H27BFNO2. The number of hydrogen-bond acceptors (Lipinski definition) is 3. The first-order chi connectivity index (χ1) is 10.3. The molecule has 0 atom stereocenters. The van der Waals surface area contributed by atoms with Crippen molar-refractivity contribution < 1.29 is 13.7 Å². The maximum absolute atomic E-state index is 14.1. The third kappa shape index (κ3) is 3.56. The number of rotatable bonds is 1. The molecule has 0 N–H and O–H groups in total. The summed E-state index contributed by atoms with van der Waals surface area (Å²) < 4.78 is 26.0. The summed E-state index contributed by atoms with van der Waals surface area (Å²) >= 11 is 0. The van der Waals surface area contributed by atoms with Gasteiger partial charge in [-0.25, -0.2) is 4.39 Å². The molecule has 5 heteroatoms. The second kappa shape index (κ2) is 6.97. The van der Waals surface area contributed by atoms with Crippen molar-refractivity contribution in [2.45, 2.75) is 60.2 Å². The van der Waals surface area contributed by atoms with Crippen molar-refractivity contribution >= 4 is 23.5 Å². The zero-order chi connectivity index (χ0) is 16.5. The number of hydrogen-bond donors (Lipinski definition) is 0. The molecule has 1 aliphatic rings. The average molecular weight is 319 g/mol. The van der Waals surface area contributed by atoms with E-state index >= 15 is 0 Å². The van der Waals surface area contributed by atoms with E-state index in [-0.39, 0.29) is 13.2 Å². The molecule has 1 fully saturated rings. The largest absolute Gasteiger partial charge is 0.494 e. The van der Waals surface area contributed by atoms with Crippen molar-refractivity contribution in [3.8, 4) is 0 Å². The molecule has 0 spiro atoms. The molecule has 0 unspecified atom stereocenters. The zero-order valence-electron chi connectivity index (χ0n) is 14.1. The van der Waals surface area contributed by atoms with Crippen LogP contribution in [0.25, 0.3) is 10.9 Å². The van der Waals surface area contributed by atoms with E-state index in [1.807, 2.05) is 53.7 Å². The Balaban J connectivity index is 0.000000849. The molecule has 1 aliphatic heterocycles. The van der Waals surface area contributed by atoms with Crippen LogP contribution in [0.1, 0.15) is 49.0 Å². The fourth-order valence-electron chi connectivity index (χ4n) is 2.28. The standard InChI is InChI=1S/C15H17BFNO2.C2H6.CH4/c1-14(2)15(3,4)20-16(19-14)11-8-10-6-5-7-18-13(10)12(17)9-11;1-2;/h5-9H,1-4H3;1-2H3;1H4. The first kappa shape index (κ1) is 19.6. The number of nitrogens with zero attached hydrogens (tertiary/aromatic N) is 1. The highest BCUT2D eigenvalue weighted by molar-refractivity contribution is 6.62. The van der Waals surface area contributed by atoms with Crippen LogP contribution < -0.4 is 5.46 Å². The van der Waals surface area contributed by atoms with Crippen LogP contribution in [0.15, 0.2) is 30.5 Å². The summed E-state index contributed by atoms with van der Waals surface area (Å²) in [7, 11) is -0.556. The highest BCUT2D eigenvalue weighted by atomic mass is 19.1. The Morgan fingerprint density at radius 1 is 1.04 bits per heavy atom. The van der Waals surface area contributed by atoms with Gasteiger partial charge in [0.15, 0.2) is 0 Å². The molecule has 0 bridgehead atoms. The molecule has 23 heavy (non-hydrogen) atoms. The monoisotopic (exact) mass is 319 g/mol. The molecule has 2 aromatic rings. The van der Waals surface area contributed by atoms with Gasteiger partial charge in [-0.05, 0) is 45.3 Å². The Labute approximate surface area is 139 Å². The smallest absolute Gasteiger partial charge is 0.399 e. The summed E-state index contributed by atoms with van der Waals surface area (Å²) in [6, 6.07) is 6.93. The van der Waals surface area contributed by atoms with Crippen LogP contribution in [0.2, 0.25) is 0 Å². The van der Waals surface area contributed by atoms with Crippen molar-refractivity contribution in [3.63, 3.8) is 0 Å². The van der Waals surface area contributed by atoms with Crippen LogP contribution >= 0.6 is 0 Å².